The molecular weight excluding hydrogens is 132 g/mol. The predicted octanol–water partition coefficient (Wildman–Crippen LogP) is 0.593. The number of nitrogens with two attached hydrogens (primary N) is 1. The van der Waals surface area contributed by atoms with Gasteiger partial charge in [0, 0.05) is 23.5 Å². The van der Waals surface area contributed by atoms with Crippen LogP contribution in [0.3, 0.4) is 0 Å². The second-order valence-corrected chi connectivity index (χ2v) is 3.71. The molecule has 0 radical (unpaired) electrons. The molecule has 0 aromatic heterocycles. The van der Waals surface area contributed by atoms with Crippen LogP contribution in [0.5, 0.6) is 0 Å². The lowest BCUT2D eigenvalue weighted by Gasteiger charge is -2.40. The van der Waals surface area contributed by atoms with Crippen molar-refractivity contribution < 1.29 is 0 Å². The van der Waals surface area contributed by atoms with E-state index in [1.54, 1.807) is 0 Å². The molecule has 0 bridgehead atoms. The first-order valence-corrected chi connectivity index (χ1v) is 4.50. The highest BCUT2D eigenvalue weighted by molar-refractivity contribution is 8.00. The smallest absolute Gasteiger partial charge is 0.0170 e. The topological polar surface area (TPSA) is 38.0 Å². The zero-order valence-electron chi connectivity index (χ0n) is 5.81. The Balaban J connectivity index is 2.28. The van der Waals surface area contributed by atoms with E-state index in [9.17, 15) is 0 Å². The van der Waals surface area contributed by atoms with E-state index in [2.05, 4.69) is 12.3 Å². The van der Waals surface area contributed by atoms with E-state index >= 15 is 0 Å². The molecule has 9 heavy (non-hydrogen) atoms. The third-order valence-corrected chi connectivity index (χ3v) is 3.68. The van der Waals surface area contributed by atoms with Crippen LogP contribution < -0.4 is 11.3 Å². The third kappa shape index (κ3) is 1.39. The van der Waals surface area contributed by atoms with Gasteiger partial charge in [0.25, 0.3) is 0 Å². The van der Waals surface area contributed by atoms with Crippen LogP contribution in [0.25, 0.3) is 0 Å². The fourth-order valence-corrected chi connectivity index (χ4v) is 2.43. The maximum atomic E-state index is 5.24. The van der Waals surface area contributed by atoms with Crippen molar-refractivity contribution in [2.75, 3.05) is 18.1 Å². The van der Waals surface area contributed by atoms with Crippen molar-refractivity contribution in [2.45, 2.75) is 13.3 Å². The molecule has 1 aliphatic heterocycles. The zero-order chi connectivity index (χ0) is 6.74. The predicted molar refractivity (Wildman–Crippen MR) is 42.2 cm³/mol. The van der Waals surface area contributed by atoms with Gasteiger partial charge in [0.15, 0.2) is 0 Å². The number of thioether (sulfide) groups is 1. The minimum atomic E-state index is 0.541. The van der Waals surface area contributed by atoms with Crippen LogP contribution in [0.2, 0.25) is 0 Å². The Kier molecular flexibility index (Phi) is 2.38. The summed E-state index contributed by atoms with van der Waals surface area (Å²) in [5.41, 5.74) is 3.29. The molecule has 0 spiro atoms. The van der Waals surface area contributed by atoms with Crippen molar-refractivity contribution in [3.8, 4) is 0 Å². The fourth-order valence-electron chi connectivity index (χ4n) is 1.04. The molecule has 2 nitrogen and oxygen atoms in total. The SMILES string of the molecule is CCC1(CNN)CSC1. The van der Waals surface area contributed by atoms with E-state index in [0.29, 0.717) is 5.41 Å². The first kappa shape index (κ1) is 7.38. The number of nitrogens with one attached hydrogen (secondary N) is 1. The molecule has 1 aliphatic rings. The number of hydrogen-bond donors (Lipinski definition) is 2. The number of rotatable bonds is 3. The van der Waals surface area contributed by atoms with E-state index in [0.717, 1.165) is 6.54 Å². The highest BCUT2D eigenvalue weighted by Gasteiger charge is 2.34. The van der Waals surface area contributed by atoms with Gasteiger partial charge in [-0.15, -0.1) is 0 Å². The van der Waals surface area contributed by atoms with Crippen LogP contribution in [-0.2, 0) is 0 Å². The Morgan fingerprint density at radius 2 is 2.33 bits per heavy atom. The van der Waals surface area contributed by atoms with Gasteiger partial charge in [-0.1, -0.05) is 6.92 Å². The maximum Gasteiger partial charge on any atom is 0.0170 e. The molecule has 0 saturated carbocycles. The van der Waals surface area contributed by atoms with E-state index in [1.807, 2.05) is 11.8 Å². The summed E-state index contributed by atoms with van der Waals surface area (Å²) in [7, 11) is 0. The average molecular weight is 146 g/mol. The molecule has 0 amide bonds. The van der Waals surface area contributed by atoms with Crippen molar-refractivity contribution >= 4 is 11.8 Å². The summed E-state index contributed by atoms with van der Waals surface area (Å²) < 4.78 is 0. The van der Waals surface area contributed by atoms with Crippen LogP contribution in [0.1, 0.15) is 13.3 Å². The number of hydrogen-bond acceptors (Lipinski definition) is 3. The molecule has 1 heterocycles. The second kappa shape index (κ2) is 2.90. The van der Waals surface area contributed by atoms with Crippen LogP contribution >= 0.6 is 11.8 Å². The van der Waals surface area contributed by atoms with Crippen LogP contribution in [0.15, 0.2) is 0 Å². The summed E-state index contributed by atoms with van der Waals surface area (Å²) in [5, 5.41) is 0. The first-order chi connectivity index (χ1) is 4.33. The van der Waals surface area contributed by atoms with Gasteiger partial charge < -0.3 is 0 Å². The molecule has 1 saturated heterocycles. The largest absolute Gasteiger partial charge is 0.271 e. The lowest BCUT2D eigenvalue weighted by atomic mass is 9.89. The summed E-state index contributed by atoms with van der Waals surface area (Å²) in [4.78, 5) is 0. The summed E-state index contributed by atoms with van der Waals surface area (Å²) in [6.45, 7) is 3.22. The summed E-state index contributed by atoms with van der Waals surface area (Å²) in [6.07, 6.45) is 1.25. The molecule has 0 atom stereocenters. The van der Waals surface area contributed by atoms with E-state index in [-0.39, 0.29) is 0 Å². The standard InChI is InChI=1S/C6H14N2S/c1-2-6(3-8-7)4-9-5-6/h8H,2-5,7H2,1H3. The van der Waals surface area contributed by atoms with Crippen molar-refractivity contribution in [1.29, 1.82) is 0 Å². The second-order valence-electron chi connectivity index (χ2n) is 2.73. The molecule has 0 aromatic rings. The Bertz CT molecular complexity index is 85.5. The first-order valence-electron chi connectivity index (χ1n) is 3.34. The molecule has 0 aliphatic carbocycles. The van der Waals surface area contributed by atoms with Crippen molar-refractivity contribution in [3.05, 3.63) is 0 Å². The third-order valence-electron chi connectivity index (χ3n) is 2.04. The van der Waals surface area contributed by atoms with Crippen molar-refractivity contribution in [3.63, 3.8) is 0 Å². The fraction of sp³-hybridized carbons (Fsp3) is 1.00. The van der Waals surface area contributed by atoms with Crippen molar-refractivity contribution in [2.24, 2.45) is 11.3 Å². The molecule has 1 rings (SSSR count). The molecule has 54 valence electrons. The van der Waals surface area contributed by atoms with E-state index < -0.39 is 0 Å². The minimum absolute atomic E-state index is 0.541. The van der Waals surface area contributed by atoms with Gasteiger partial charge in [-0.25, -0.2) is 0 Å². The van der Waals surface area contributed by atoms with Gasteiger partial charge in [-0.05, 0) is 6.42 Å². The molecular formula is C6H14N2S. The van der Waals surface area contributed by atoms with Gasteiger partial charge in [0.1, 0.15) is 0 Å². The molecule has 3 N–H and O–H groups in total. The quantitative estimate of drug-likeness (QED) is 0.452. The van der Waals surface area contributed by atoms with Crippen LogP contribution in [0, 0.1) is 5.41 Å². The Hall–Kier alpha value is 0.270. The zero-order valence-corrected chi connectivity index (χ0v) is 6.63. The van der Waals surface area contributed by atoms with Gasteiger partial charge in [0.2, 0.25) is 0 Å². The monoisotopic (exact) mass is 146 g/mol. The molecule has 0 unspecified atom stereocenters. The highest BCUT2D eigenvalue weighted by atomic mass is 32.2. The average Bonchev–Trinajstić information content (AvgIpc) is 1.79. The Morgan fingerprint density at radius 1 is 1.67 bits per heavy atom. The summed E-state index contributed by atoms with van der Waals surface area (Å²) in [6, 6.07) is 0. The van der Waals surface area contributed by atoms with Gasteiger partial charge >= 0.3 is 0 Å². The summed E-state index contributed by atoms with van der Waals surface area (Å²) >= 11 is 2.01. The van der Waals surface area contributed by atoms with Crippen molar-refractivity contribution in [1.82, 2.24) is 5.43 Å². The maximum absolute atomic E-state index is 5.24. The minimum Gasteiger partial charge on any atom is -0.271 e. The molecule has 1 fully saturated rings. The van der Waals surface area contributed by atoms with Gasteiger partial charge in [-0.3, -0.25) is 11.3 Å². The van der Waals surface area contributed by atoms with Crippen LogP contribution in [0.4, 0.5) is 0 Å². The normalized spacial score (nSPS) is 23.3. The Morgan fingerprint density at radius 3 is 2.44 bits per heavy atom. The lowest BCUT2D eigenvalue weighted by molar-refractivity contribution is 0.327. The highest BCUT2D eigenvalue weighted by Crippen LogP contribution is 2.39. The van der Waals surface area contributed by atoms with Gasteiger partial charge in [0.05, 0.1) is 0 Å². The lowest BCUT2D eigenvalue weighted by Crippen LogP contribution is -2.46. The Labute approximate surface area is 60.5 Å². The molecule has 0 aromatic carbocycles. The van der Waals surface area contributed by atoms with E-state index in [4.69, 9.17) is 5.84 Å². The van der Waals surface area contributed by atoms with Gasteiger partial charge in [-0.2, -0.15) is 11.8 Å². The van der Waals surface area contributed by atoms with Crippen LogP contribution in [-0.4, -0.2) is 18.1 Å². The number of hydrazine groups is 1. The summed E-state index contributed by atoms with van der Waals surface area (Å²) in [5.74, 6) is 7.81. The molecule has 3 heteroatoms. The van der Waals surface area contributed by atoms with E-state index in [1.165, 1.54) is 17.9 Å².